The number of phenols is 1. The average molecular weight is 500 g/mol. The quantitative estimate of drug-likeness (QED) is 0.357. The summed E-state index contributed by atoms with van der Waals surface area (Å²) in [6, 6.07) is 24.3. The lowest BCUT2D eigenvalue weighted by Crippen LogP contribution is -2.43. The zero-order valence-electron chi connectivity index (χ0n) is 20.2. The minimum absolute atomic E-state index is 0. The van der Waals surface area contributed by atoms with E-state index in [1.807, 2.05) is 60.7 Å². The third kappa shape index (κ3) is 8.91. The maximum Gasteiger partial charge on any atom is 0.337 e. The predicted octanol–water partition coefficient (Wildman–Crippen LogP) is 4.52. The van der Waals surface area contributed by atoms with Crippen molar-refractivity contribution in [3.05, 3.63) is 95.6 Å². The Kier molecular flexibility index (Phi) is 11.6. The number of aliphatic hydroxyl groups is 1. The first-order chi connectivity index (χ1) is 16.5. The maximum atomic E-state index is 11.7. The summed E-state index contributed by atoms with van der Waals surface area (Å²) in [5, 5.41) is 20.9. The number of nitrogens with zero attached hydrogens (tertiary/aromatic N) is 1. The molecule has 0 saturated carbocycles. The zero-order valence-corrected chi connectivity index (χ0v) is 21.0. The Hall–Kier alpha value is -3.06. The molecule has 35 heavy (non-hydrogen) atoms. The summed E-state index contributed by atoms with van der Waals surface area (Å²) in [6.07, 6.45) is 0.729. The summed E-state index contributed by atoms with van der Waals surface area (Å²) in [6.45, 7) is 3.41. The van der Waals surface area contributed by atoms with Crippen LogP contribution in [0.2, 0.25) is 0 Å². The van der Waals surface area contributed by atoms with Gasteiger partial charge >= 0.3 is 5.97 Å². The van der Waals surface area contributed by atoms with Gasteiger partial charge in [-0.25, -0.2) is 4.79 Å². The summed E-state index contributed by atoms with van der Waals surface area (Å²) in [5.74, 6) is 0.646. The smallest absolute Gasteiger partial charge is 0.337 e. The lowest BCUT2D eigenvalue weighted by Gasteiger charge is -2.31. The van der Waals surface area contributed by atoms with E-state index in [-0.39, 0.29) is 36.8 Å². The number of hydrogen-bond acceptors (Lipinski definition) is 6. The molecule has 3 aromatic rings. The Morgan fingerprint density at radius 1 is 0.971 bits per heavy atom. The molecule has 0 aliphatic carbocycles. The van der Waals surface area contributed by atoms with Crippen molar-refractivity contribution >= 4 is 18.4 Å². The van der Waals surface area contributed by atoms with Gasteiger partial charge in [0.15, 0.2) is 0 Å². The van der Waals surface area contributed by atoms with Crippen LogP contribution in [0.5, 0.6) is 11.5 Å². The van der Waals surface area contributed by atoms with Crippen LogP contribution in [0.4, 0.5) is 0 Å². The molecular formula is C28H34ClNO5. The summed E-state index contributed by atoms with van der Waals surface area (Å²) in [5.41, 5.74) is 2.48. The SMILES string of the molecule is COC(=O)c1ccc(C[C@@H](C)N(CCc2ccccc2O)C[C@@H](O)COc2ccccc2)cc1.Cl. The van der Waals surface area contributed by atoms with Crippen molar-refractivity contribution < 1.29 is 24.5 Å². The fraction of sp³-hybridized carbons (Fsp3) is 0.321. The van der Waals surface area contributed by atoms with Crippen LogP contribution in [-0.2, 0) is 17.6 Å². The number of ether oxygens (including phenoxy) is 2. The average Bonchev–Trinajstić information content (AvgIpc) is 2.86. The number of hydrogen-bond donors (Lipinski definition) is 2. The van der Waals surface area contributed by atoms with E-state index in [1.54, 1.807) is 18.2 Å². The van der Waals surface area contributed by atoms with Crippen molar-refractivity contribution in [1.29, 1.82) is 0 Å². The fourth-order valence-corrected chi connectivity index (χ4v) is 3.88. The van der Waals surface area contributed by atoms with Crippen molar-refractivity contribution in [2.75, 3.05) is 26.8 Å². The highest BCUT2D eigenvalue weighted by Crippen LogP contribution is 2.18. The maximum absolute atomic E-state index is 11.7. The molecule has 3 rings (SSSR count). The number of phenolic OH excluding ortho intramolecular Hbond substituents is 1. The Bertz CT molecular complexity index is 1030. The van der Waals surface area contributed by atoms with E-state index in [0.29, 0.717) is 25.1 Å². The molecule has 0 heterocycles. The molecule has 0 saturated heterocycles. The van der Waals surface area contributed by atoms with Crippen molar-refractivity contribution in [1.82, 2.24) is 4.90 Å². The van der Waals surface area contributed by atoms with Crippen LogP contribution in [-0.4, -0.2) is 60.0 Å². The standard InChI is InChI=1S/C28H33NO5.ClH/c1-21(18-22-12-14-24(15-13-22)28(32)33-2)29(17-16-23-8-6-7-11-27(23)31)19-25(30)20-34-26-9-4-3-5-10-26;/h3-15,21,25,30-31H,16-20H2,1-2H3;1H/t21-,25-;/m1./s1. The van der Waals surface area contributed by atoms with Crippen LogP contribution < -0.4 is 4.74 Å². The predicted molar refractivity (Wildman–Crippen MR) is 140 cm³/mol. The first kappa shape index (κ1) is 28.2. The van der Waals surface area contributed by atoms with Crippen LogP contribution >= 0.6 is 12.4 Å². The van der Waals surface area contributed by atoms with Crippen LogP contribution in [0.1, 0.15) is 28.4 Å². The van der Waals surface area contributed by atoms with E-state index in [9.17, 15) is 15.0 Å². The number of esters is 1. The number of carbonyl (C=O) groups excluding carboxylic acids is 1. The van der Waals surface area contributed by atoms with Gasteiger partial charge in [0.05, 0.1) is 12.7 Å². The van der Waals surface area contributed by atoms with Crippen molar-refractivity contribution in [2.24, 2.45) is 0 Å². The van der Waals surface area contributed by atoms with Gasteiger partial charge in [0.25, 0.3) is 0 Å². The second-order valence-corrected chi connectivity index (χ2v) is 8.39. The highest BCUT2D eigenvalue weighted by molar-refractivity contribution is 5.89. The third-order valence-electron chi connectivity index (χ3n) is 5.82. The zero-order chi connectivity index (χ0) is 24.3. The second kappa shape index (κ2) is 14.4. The van der Waals surface area contributed by atoms with Crippen LogP contribution in [0, 0.1) is 0 Å². The molecule has 0 radical (unpaired) electrons. The van der Waals surface area contributed by atoms with Gasteiger partial charge in [-0.1, -0.05) is 48.5 Å². The normalized spacial score (nSPS) is 12.5. The number of para-hydroxylation sites is 2. The fourth-order valence-electron chi connectivity index (χ4n) is 3.88. The minimum Gasteiger partial charge on any atom is -0.508 e. The summed E-state index contributed by atoms with van der Waals surface area (Å²) in [7, 11) is 1.37. The van der Waals surface area contributed by atoms with Crippen LogP contribution in [0.25, 0.3) is 0 Å². The van der Waals surface area contributed by atoms with E-state index >= 15 is 0 Å². The molecule has 7 heteroatoms. The Labute approximate surface area is 213 Å². The molecule has 0 aliphatic heterocycles. The topological polar surface area (TPSA) is 79.2 Å². The molecule has 0 fully saturated rings. The van der Waals surface area contributed by atoms with Crippen molar-refractivity contribution in [3.8, 4) is 11.5 Å². The molecule has 0 unspecified atom stereocenters. The molecule has 6 nitrogen and oxygen atoms in total. The first-order valence-corrected chi connectivity index (χ1v) is 11.5. The van der Waals surface area contributed by atoms with E-state index < -0.39 is 6.10 Å². The lowest BCUT2D eigenvalue weighted by molar-refractivity contribution is 0.0550. The Morgan fingerprint density at radius 2 is 1.63 bits per heavy atom. The molecule has 2 atom stereocenters. The number of benzene rings is 3. The molecule has 0 bridgehead atoms. The van der Waals surface area contributed by atoms with Gasteiger partial charge in [0.2, 0.25) is 0 Å². The molecule has 3 aromatic carbocycles. The van der Waals surface area contributed by atoms with E-state index in [1.165, 1.54) is 7.11 Å². The van der Waals surface area contributed by atoms with Crippen LogP contribution in [0.3, 0.4) is 0 Å². The molecule has 0 aliphatic rings. The summed E-state index contributed by atoms with van der Waals surface area (Å²) < 4.78 is 10.5. The molecule has 0 spiro atoms. The summed E-state index contributed by atoms with van der Waals surface area (Å²) >= 11 is 0. The summed E-state index contributed by atoms with van der Waals surface area (Å²) in [4.78, 5) is 13.9. The Balaban J connectivity index is 0.00000432. The van der Waals surface area contributed by atoms with Gasteiger partial charge in [-0.3, -0.25) is 4.90 Å². The van der Waals surface area contributed by atoms with Gasteiger partial charge in [0.1, 0.15) is 24.2 Å². The molecule has 0 amide bonds. The Morgan fingerprint density at radius 3 is 2.29 bits per heavy atom. The van der Waals surface area contributed by atoms with E-state index in [2.05, 4.69) is 11.8 Å². The number of methoxy groups -OCH3 is 1. The van der Waals surface area contributed by atoms with Gasteiger partial charge in [-0.15, -0.1) is 12.4 Å². The largest absolute Gasteiger partial charge is 0.508 e. The van der Waals surface area contributed by atoms with E-state index in [4.69, 9.17) is 9.47 Å². The molecular weight excluding hydrogens is 466 g/mol. The van der Waals surface area contributed by atoms with Gasteiger partial charge in [0, 0.05) is 19.1 Å². The number of carbonyl (C=O) groups is 1. The lowest BCUT2D eigenvalue weighted by atomic mass is 10.0. The van der Waals surface area contributed by atoms with Gasteiger partial charge in [-0.05, 0) is 61.2 Å². The first-order valence-electron chi connectivity index (χ1n) is 11.5. The monoisotopic (exact) mass is 499 g/mol. The van der Waals surface area contributed by atoms with Gasteiger partial charge in [-0.2, -0.15) is 0 Å². The third-order valence-corrected chi connectivity index (χ3v) is 5.82. The number of aliphatic hydroxyl groups excluding tert-OH is 1. The van der Waals surface area contributed by atoms with Crippen molar-refractivity contribution in [2.45, 2.75) is 31.9 Å². The molecule has 0 aromatic heterocycles. The van der Waals surface area contributed by atoms with E-state index in [0.717, 1.165) is 23.3 Å². The van der Waals surface area contributed by atoms with Crippen LogP contribution in [0.15, 0.2) is 78.9 Å². The highest BCUT2D eigenvalue weighted by atomic mass is 35.5. The van der Waals surface area contributed by atoms with Gasteiger partial charge < -0.3 is 19.7 Å². The number of rotatable bonds is 12. The highest BCUT2D eigenvalue weighted by Gasteiger charge is 2.19. The second-order valence-electron chi connectivity index (χ2n) is 8.39. The minimum atomic E-state index is -0.672. The molecule has 188 valence electrons. The number of aromatic hydroxyl groups is 1. The molecule has 2 N–H and O–H groups in total. The van der Waals surface area contributed by atoms with Crippen molar-refractivity contribution in [3.63, 3.8) is 0 Å². The number of halogens is 1.